The molecule has 7 heavy (non-hydrogen) atoms. The van der Waals surface area contributed by atoms with Crippen molar-refractivity contribution in [2.75, 3.05) is 7.11 Å². The van der Waals surface area contributed by atoms with Crippen molar-refractivity contribution in [2.24, 2.45) is 0 Å². The maximum atomic E-state index is 9.80. The lowest BCUT2D eigenvalue weighted by atomic mass is 11.6. The first kappa shape index (κ1) is 6.58. The van der Waals surface area contributed by atoms with Crippen LogP contribution in [0, 0.1) is 0 Å². The largest absolute Gasteiger partial charge is 0.470 e. The summed E-state index contributed by atoms with van der Waals surface area (Å²) in [6, 6.07) is 0. The Morgan fingerprint density at radius 2 is 2.29 bits per heavy atom. The molecule has 0 aromatic carbocycles. The van der Waals surface area contributed by atoms with Gasteiger partial charge in [-0.05, 0) is 0 Å². The lowest BCUT2D eigenvalue weighted by Gasteiger charge is -1.84. The first-order valence-corrected chi connectivity index (χ1v) is 2.45. The minimum Gasteiger partial charge on any atom is -0.470 e. The third kappa shape index (κ3) is 2.30. The quantitative estimate of drug-likeness (QED) is 0.533. The van der Waals surface area contributed by atoms with E-state index >= 15 is 0 Å². The smallest absolute Gasteiger partial charge is 0.422 e. The summed E-state index contributed by atoms with van der Waals surface area (Å²) in [6.07, 6.45) is 0. The van der Waals surface area contributed by atoms with E-state index in [1.54, 1.807) is 0 Å². The molecule has 0 aliphatic rings. The second-order valence-electron chi connectivity index (χ2n) is 0.667. The minimum atomic E-state index is -2.16. The molecular formula is C2H4O4S. The molecule has 0 aromatic rings. The maximum Gasteiger partial charge on any atom is 0.422 e. The Hall–Kier alpha value is -0.420. The first-order valence-electron chi connectivity index (χ1n) is 1.37. The molecule has 42 valence electrons. The van der Waals surface area contributed by atoms with Crippen molar-refractivity contribution < 1.29 is 18.3 Å². The molecule has 0 rings (SSSR count). The van der Waals surface area contributed by atoms with E-state index in [9.17, 15) is 9.00 Å². The SMILES string of the molecule is COS(=O)C(=O)O. The number of carboxylic acid groups (broad SMARTS) is 1. The summed E-state index contributed by atoms with van der Waals surface area (Å²) in [6.45, 7) is 0. The van der Waals surface area contributed by atoms with E-state index in [0.29, 0.717) is 0 Å². The molecule has 5 heteroatoms. The van der Waals surface area contributed by atoms with E-state index in [-0.39, 0.29) is 0 Å². The van der Waals surface area contributed by atoms with Crippen LogP contribution in [0.5, 0.6) is 0 Å². The molecule has 1 atom stereocenters. The molecule has 0 fully saturated rings. The van der Waals surface area contributed by atoms with Crippen LogP contribution in [-0.4, -0.2) is 21.7 Å². The minimum absolute atomic E-state index is 1.06. The molecule has 0 radical (unpaired) electrons. The van der Waals surface area contributed by atoms with Crippen molar-refractivity contribution in [1.82, 2.24) is 0 Å². The van der Waals surface area contributed by atoms with E-state index in [4.69, 9.17) is 5.11 Å². The van der Waals surface area contributed by atoms with Crippen molar-refractivity contribution in [3.8, 4) is 0 Å². The topological polar surface area (TPSA) is 63.6 Å². The molecule has 4 nitrogen and oxygen atoms in total. The Bertz CT molecular complexity index is 97.9. The number of hydrogen-bond donors (Lipinski definition) is 1. The van der Waals surface area contributed by atoms with Gasteiger partial charge in [-0.2, -0.15) is 0 Å². The van der Waals surface area contributed by atoms with E-state index < -0.39 is 16.4 Å². The van der Waals surface area contributed by atoms with Crippen molar-refractivity contribution in [2.45, 2.75) is 0 Å². The van der Waals surface area contributed by atoms with Gasteiger partial charge in [0.25, 0.3) is 11.1 Å². The molecule has 0 amide bonds. The number of carbonyl (C=O) groups is 1. The van der Waals surface area contributed by atoms with Crippen molar-refractivity contribution in [3.63, 3.8) is 0 Å². The van der Waals surface area contributed by atoms with E-state index in [1.807, 2.05) is 0 Å². The zero-order valence-electron chi connectivity index (χ0n) is 3.58. The van der Waals surface area contributed by atoms with E-state index in [2.05, 4.69) is 4.18 Å². The summed E-state index contributed by atoms with van der Waals surface area (Å²) in [5.74, 6) is 0. The number of hydrogen-bond acceptors (Lipinski definition) is 3. The van der Waals surface area contributed by atoms with Gasteiger partial charge in [-0.15, -0.1) is 0 Å². The highest BCUT2D eigenvalue weighted by Crippen LogP contribution is 1.80. The van der Waals surface area contributed by atoms with Crippen LogP contribution in [0.3, 0.4) is 0 Å². The monoisotopic (exact) mass is 124 g/mol. The van der Waals surface area contributed by atoms with Gasteiger partial charge in [-0.25, -0.2) is 9.00 Å². The van der Waals surface area contributed by atoms with Gasteiger partial charge in [0.05, 0.1) is 7.11 Å². The predicted octanol–water partition coefficient (Wildman–Crippen LogP) is -0.0255. The van der Waals surface area contributed by atoms with Gasteiger partial charge >= 0.3 is 5.30 Å². The van der Waals surface area contributed by atoms with Gasteiger partial charge in [-0.3, -0.25) is 4.18 Å². The molecule has 0 saturated heterocycles. The van der Waals surface area contributed by atoms with Crippen molar-refractivity contribution in [3.05, 3.63) is 0 Å². The summed E-state index contributed by atoms with van der Waals surface area (Å²) in [5.41, 5.74) is 0. The van der Waals surface area contributed by atoms with Crippen LogP contribution < -0.4 is 0 Å². The lowest BCUT2D eigenvalue weighted by Crippen LogP contribution is -2.03. The van der Waals surface area contributed by atoms with Gasteiger partial charge in [0.1, 0.15) is 0 Å². The van der Waals surface area contributed by atoms with Crippen LogP contribution in [0.4, 0.5) is 4.79 Å². The summed E-state index contributed by atoms with van der Waals surface area (Å²) < 4.78 is 13.7. The summed E-state index contributed by atoms with van der Waals surface area (Å²) in [4.78, 5) is 9.51. The zero-order valence-corrected chi connectivity index (χ0v) is 4.40. The van der Waals surface area contributed by atoms with E-state index in [0.717, 1.165) is 7.11 Å². The van der Waals surface area contributed by atoms with Gasteiger partial charge < -0.3 is 5.11 Å². The summed E-state index contributed by atoms with van der Waals surface area (Å²) >= 11 is -2.16. The second-order valence-corrected chi connectivity index (χ2v) is 1.82. The van der Waals surface area contributed by atoms with Crippen molar-refractivity contribution >= 4 is 16.4 Å². The Balaban J connectivity index is 3.58. The highest BCUT2D eigenvalue weighted by Gasteiger charge is 2.04. The molecule has 0 aliphatic heterocycles. The molecule has 0 aromatic heterocycles. The van der Waals surface area contributed by atoms with Gasteiger partial charge in [-0.1, -0.05) is 0 Å². The van der Waals surface area contributed by atoms with Crippen molar-refractivity contribution in [1.29, 1.82) is 0 Å². The Morgan fingerprint density at radius 1 is 1.86 bits per heavy atom. The van der Waals surface area contributed by atoms with Crippen LogP contribution in [0.15, 0.2) is 0 Å². The third-order valence-corrected chi connectivity index (χ3v) is 0.882. The summed E-state index contributed by atoms with van der Waals surface area (Å²) in [7, 11) is 1.06. The predicted molar refractivity (Wildman–Crippen MR) is 23.2 cm³/mol. The molecule has 0 bridgehead atoms. The lowest BCUT2D eigenvalue weighted by molar-refractivity contribution is 0.217. The molecule has 1 unspecified atom stereocenters. The van der Waals surface area contributed by atoms with Crippen LogP contribution in [-0.2, 0) is 15.3 Å². The normalized spacial score (nSPS) is 13.3. The first-order chi connectivity index (χ1) is 3.18. The molecule has 0 spiro atoms. The highest BCUT2D eigenvalue weighted by molar-refractivity contribution is 7.95. The van der Waals surface area contributed by atoms with Crippen LogP contribution in [0.2, 0.25) is 0 Å². The maximum absolute atomic E-state index is 9.80. The zero-order chi connectivity index (χ0) is 5.86. The van der Waals surface area contributed by atoms with E-state index in [1.165, 1.54) is 0 Å². The fourth-order valence-corrected chi connectivity index (χ4v) is 0.214. The van der Waals surface area contributed by atoms with Gasteiger partial charge in [0.15, 0.2) is 0 Å². The third-order valence-electron chi connectivity index (χ3n) is 0.294. The van der Waals surface area contributed by atoms with Crippen LogP contribution >= 0.6 is 0 Å². The number of rotatable bonds is 1. The van der Waals surface area contributed by atoms with Crippen LogP contribution in [0.25, 0.3) is 0 Å². The highest BCUT2D eigenvalue weighted by atomic mass is 32.2. The fourth-order valence-electron chi connectivity index (χ4n) is 0.0713. The summed E-state index contributed by atoms with van der Waals surface area (Å²) in [5, 5.41) is 6.30. The molecule has 0 aliphatic carbocycles. The standard InChI is InChI=1S/C2H4O4S/c1-6-7(5)2(3)4/h1H3,(H,3,4). The molecule has 1 N–H and O–H groups in total. The molecule has 0 heterocycles. The fraction of sp³-hybridized carbons (Fsp3) is 0.500. The molecular weight excluding hydrogens is 120 g/mol. The van der Waals surface area contributed by atoms with Gasteiger partial charge in [0, 0.05) is 0 Å². The average molecular weight is 124 g/mol. The Kier molecular flexibility index (Phi) is 2.54. The molecule has 0 saturated carbocycles. The second kappa shape index (κ2) is 2.70. The Labute approximate surface area is 42.8 Å². The Morgan fingerprint density at radius 3 is 2.29 bits per heavy atom. The van der Waals surface area contributed by atoms with Gasteiger partial charge in [0.2, 0.25) is 0 Å². The average Bonchev–Trinajstić information content (AvgIpc) is 1.65. The van der Waals surface area contributed by atoms with Crippen LogP contribution in [0.1, 0.15) is 0 Å².